The van der Waals surface area contributed by atoms with Crippen molar-refractivity contribution in [3.8, 4) is 0 Å². The van der Waals surface area contributed by atoms with Crippen molar-refractivity contribution < 1.29 is 4.79 Å². The molecular formula is C10H23NO. The number of hydrogen-bond acceptors (Lipinski definition) is 1. The van der Waals surface area contributed by atoms with Crippen LogP contribution in [-0.4, -0.2) is 13.0 Å². The van der Waals surface area contributed by atoms with Crippen molar-refractivity contribution in [3.63, 3.8) is 0 Å². The number of rotatable bonds is 5. The van der Waals surface area contributed by atoms with E-state index in [4.69, 9.17) is 0 Å². The van der Waals surface area contributed by atoms with Crippen LogP contribution in [-0.2, 0) is 4.79 Å². The topological polar surface area (TPSA) is 29.1 Å². The van der Waals surface area contributed by atoms with E-state index in [9.17, 15) is 4.79 Å². The Morgan fingerprint density at radius 3 is 2.17 bits per heavy atom. The van der Waals surface area contributed by atoms with Gasteiger partial charge in [-0.1, -0.05) is 40.0 Å². The van der Waals surface area contributed by atoms with Crippen LogP contribution in [0.1, 0.15) is 52.9 Å². The van der Waals surface area contributed by atoms with E-state index in [1.165, 1.54) is 19.3 Å². The lowest BCUT2D eigenvalue weighted by Crippen LogP contribution is -2.16. The minimum absolute atomic E-state index is 0.163. The lowest BCUT2D eigenvalue weighted by Gasteiger charge is -1.97. The van der Waals surface area contributed by atoms with Gasteiger partial charge in [-0.25, -0.2) is 0 Å². The highest BCUT2D eigenvalue weighted by Crippen LogP contribution is 2.01. The molecule has 0 heterocycles. The van der Waals surface area contributed by atoms with Gasteiger partial charge >= 0.3 is 0 Å². The van der Waals surface area contributed by atoms with Crippen LogP contribution in [0.25, 0.3) is 0 Å². The van der Waals surface area contributed by atoms with E-state index in [0.29, 0.717) is 6.42 Å². The first kappa shape index (κ1) is 14.0. The third-order valence-corrected chi connectivity index (χ3v) is 1.54. The number of hydrogen-bond donors (Lipinski definition) is 1. The fourth-order valence-corrected chi connectivity index (χ4v) is 0.837. The van der Waals surface area contributed by atoms with Gasteiger partial charge in [0.15, 0.2) is 0 Å². The van der Waals surface area contributed by atoms with Crippen LogP contribution in [0.4, 0.5) is 0 Å². The summed E-state index contributed by atoms with van der Waals surface area (Å²) >= 11 is 0. The van der Waals surface area contributed by atoms with Crippen LogP contribution in [0.3, 0.4) is 0 Å². The summed E-state index contributed by atoms with van der Waals surface area (Å²) in [5.74, 6) is 0.163. The van der Waals surface area contributed by atoms with Crippen LogP contribution in [0, 0.1) is 0 Å². The van der Waals surface area contributed by atoms with Gasteiger partial charge in [0.05, 0.1) is 0 Å². The van der Waals surface area contributed by atoms with E-state index in [2.05, 4.69) is 12.2 Å². The molecule has 1 amide bonds. The first-order valence-corrected chi connectivity index (χ1v) is 5.01. The SMILES string of the molecule is CC.CCCCCCC(=O)NC. The molecule has 0 aliphatic heterocycles. The molecule has 0 unspecified atom stereocenters. The standard InChI is InChI=1S/C8H17NO.C2H6/c1-3-4-5-6-7-8(10)9-2;1-2/h3-7H2,1-2H3,(H,9,10);1-2H3. The van der Waals surface area contributed by atoms with Crippen molar-refractivity contribution >= 4 is 5.91 Å². The Balaban J connectivity index is 0. The second kappa shape index (κ2) is 13.1. The highest BCUT2D eigenvalue weighted by Gasteiger charge is 1.95. The zero-order valence-electron chi connectivity index (χ0n) is 8.94. The van der Waals surface area contributed by atoms with Crippen LogP contribution in [0.2, 0.25) is 0 Å². The summed E-state index contributed by atoms with van der Waals surface area (Å²) in [7, 11) is 1.68. The van der Waals surface area contributed by atoms with Crippen molar-refractivity contribution in [3.05, 3.63) is 0 Å². The molecule has 0 rings (SSSR count). The monoisotopic (exact) mass is 173 g/mol. The molecule has 0 saturated carbocycles. The number of carbonyl (C=O) groups excluding carboxylic acids is 1. The molecule has 0 spiro atoms. The Morgan fingerprint density at radius 2 is 1.75 bits per heavy atom. The zero-order valence-corrected chi connectivity index (χ0v) is 8.94. The van der Waals surface area contributed by atoms with Crippen molar-refractivity contribution in [1.82, 2.24) is 5.32 Å². The van der Waals surface area contributed by atoms with Crippen LogP contribution in [0.5, 0.6) is 0 Å². The van der Waals surface area contributed by atoms with Gasteiger partial charge in [0, 0.05) is 13.5 Å². The number of carbonyl (C=O) groups is 1. The van der Waals surface area contributed by atoms with E-state index < -0.39 is 0 Å². The molecule has 2 heteroatoms. The summed E-state index contributed by atoms with van der Waals surface area (Å²) in [5, 5.41) is 2.60. The average Bonchev–Trinajstić information content (AvgIpc) is 2.15. The van der Waals surface area contributed by atoms with E-state index in [1.807, 2.05) is 13.8 Å². The molecule has 0 aliphatic rings. The molecule has 1 N–H and O–H groups in total. The molecule has 0 bridgehead atoms. The third kappa shape index (κ3) is 12.2. The molecule has 0 aromatic heterocycles. The first-order chi connectivity index (χ1) is 5.81. The highest BCUT2D eigenvalue weighted by molar-refractivity contribution is 5.75. The van der Waals surface area contributed by atoms with E-state index in [0.717, 1.165) is 6.42 Å². The van der Waals surface area contributed by atoms with Crippen molar-refractivity contribution in [1.29, 1.82) is 0 Å². The van der Waals surface area contributed by atoms with Gasteiger partial charge in [0.25, 0.3) is 0 Å². The normalized spacial score (nSPS) is 8.33. The minimum atomic E-state index is 0.163. The molecule has 0 aromatic rings. The Kier molecular flexibility index (Phi) is 15.3. The van der Waals surface area contributed by atoms with Gasteiger partial charge in [-0.3, -0.25) is 4.79 Å². The fourth-order valence-electron chi connectivity index (χ4n) is 0.837. The maximum absolute atomic E-state index is 10.7. The minimum Gasteiger partial charge on any atom is -0.359 e. The predicted molar refractivity (Wildman–Crippen MR) is 54.2 cm³/mol. The molecule has 0 saturated heterocycles. The zero-order chi connectivity index (χ0) is 9.82. The number of nitrogens with one attached hydrogen (secondary N) is 1. The largest absolute Gasteiger partial charge is 0.359 e. The molecule has 2 nitrogen and oxygen atoms in total. The predicted octanol–water partition coefficient (Wildman–Crippen LogP) is 2.73. The summed E-state index contributed by atoms with van der Waals surface area (Å²) in [6.45, 7) is 6.17. The van der Waals surface area contributed by atoms with E-state index in [-0.39, 0.29) is 5.91 Å². The fraction of sp³-hybridized carbons (Fsp3) is 0.900. The average molecular weight is 173 g/mol. The van der Waals surface area contributed by atoms with E-state index in [1.54, 1.807) is 7.05 Å². The van der Waals surface area contributed by atoms with Gasteiger partial charge in [0.2, 0.25) is 5.91 Å². The third-order valence-electron chi connectivity index (χ3n) is 1.54. The Morgan fingerprint density at radius 1 is 1.17 bits per heavy atom. The lowest BCUT2D eigenvalue weighted by atomic mass is 10.1. The Labute approximate surface area is 76.7 Å². The smallest absolute Gasteiger partial charge is 0.219 e. The van der Waals surface area contributed by atoms with Crippen molar-refractivity contribution in [2.24, 2.45) is 0 Å². The summed E-state index contributed by atoms with van der Waals surface area (Å²) < 4.78 is 0. The van der Waals surface area contributed by atoms with Crippen LogP contribution >= 0.6 is 0 Å². The number of unbranched alkanes of at least 4 members (excludes halogenated alkanes) is 3. The molecule has 0 fully saturated rings. The quantitative estimate of drug-likeness (QED) is 0.636. The summed E-state index contributed by atoms with van der Waals surface area (Å²) in [4.78, 5) is 10.7. The van der Waals surface area contributed by atoms with Gasteiger partial charge < -0.3 is 5.32 Å². The van der Waals surface area contributed by atoms with Crippen molar-refractivity contribution in [2.75, 3.05) is 7.05 Å². The lowest BCUT2D eigenvalue weighted by molar-refractivity contribution is -0.120. The molecule has 74 valence electrons. The molecule has 0 radical (unpaired) electrons. The van der Waals surface area contributed by atoms with Crippen molar-refractivity contribution in [2.45, 2.75) is 52.9 Å². The Hall–Kier alpha value is -0.530. The molecule has 12 heavy (non-hydrogen) atoms. The Bertz CT molecular complexity index is 91.8. The molecular weight excluding hydrogens is 150 g/mol. The molecule has 0 atom stereocenters. The molecule has 0 aromatic carbocycles. The maximum Gasteiger partial charge on any atom is 0.219 e. The van der Waals surface area contributed by atoms with Crippen LogP contribution in [0.15, 0.2) is 0 Å². The highest BCUT2D eigenvalue weighted by atomic mass is 16.1. The van der Waals surface area contributed by atoms with E-state index >= 15 is 0 Å². The summed E-state index contributed by atoms with van der Waals surface area (Å²) in [6, 6.07) is 0. The maximum atomic E-state index is 10.7. The second-order valence-electron chi connectivity index (χ2n) is 2.48. The van der Waals surface area contributed by atoms with Gasteiger partial charge in [-0.15, -0.1) is 0 Å². The van der Waals surface area contributed by atoms with Gasteiger partial charge in [-0.2, -0.15) is 0 Å². The number of amides is 1. The molecule has 0 aliphatic carbocycles. The summed E-state index contributed by atoms with van der Waals surface area (Å²) in [6.07, 6.45) is 5.39. The van der Waals surface area contributed by atoms with Gasteiger partial charge in [0.1, 0.15) is 0 Å². The summed E-state index contributed by atoms with van der Waals surface area (Å²) in [5.41, 5.74) is 0. The first-order valence-electron chi connectivity index (χ1n) is 5.01. The second-order valence-corrected chi connectivity index (χ2v) is 2.48. The van der Waals surface area contributed by atoms with Gasteiger partial charge in [-0.05, 0) is 6.42 Å². The van der Waals surface area contributed by atoms with Crippen LogP contribution < -0.4 is 5.32 Å².